The number of hydrogen-bond acceptors (Lipinski definition) is 8. The predicted octanol–water partition coefficient (Wildman–Crippen LogP) is -0.633. The van der Waals surface area contributed by atoms with Gasteiger partial charge >= 0.3 is 0 Å². The van der Waals surface area contributed by atoms with Crippen LogP contribution in [0.2, 0.25) is 0 Å². The van der Waals surface area contributed by atoms with Gasteiger partial charge in [-0.1, -0.05) is 0 Å². The molecule has 8 heteroatoms. The van der Waals surface area contributed by atoms with E-state index >= 15 is 0 Å². The molecule has 0 aliphatic rings. The minimum absolute atomic E-state index is 0.259. The largest absolute Gasteiger partial charge is 0.368 e. The van der Waals surface area contributed by atoms with Gasteiger partial charge in [-0.3, -0.25) is 0 Å². The predicted molar refractivity (Wildman–Crippen MR) is 53.6 cm³/mol. The van der Waals surface area contributed by atoms with Crippen molar-refractivity contribution in [3.05, 3.63) is 25.3 Å². The summed E-state index contributed by atoms with van der Waals surface area (Å²) in [7, 11) is 1.76. The lowest BCUT2D eigenvalue weighted by molar-refractivity contribution is 1.04. The van der Waals surface area contributed by atoms with Crippen LogP contribution in [0.3, 0.4) is 0 Å². The number of anilines is 2. The molecule has 0 unspecified atom stereocenters. The van der Waals surface area contributed by atoms with Gasteiger partial charge in [0.15, 0.2) is 0 Å². The minimum atomic E-state index is 0.259. The summed E-state index contributed by atoms with van der Waals surface area (Å²) in [5.74, 6) is 0.856. The summed E-state index contributed by atoms with van der Waals surface area (Å²) in [5.41, 5.74) is 5.10. The van der Waals surface area contributed by atoms with Crippen LogP contribution in [0.25, 0.3) is 0 Å². The molecule has 2 aromatic heterocycles. The summed E-state index contributed by atoms with van der Waals surface area (Å²) in [4.78, 5) is 21.8. The molecule has 2 aromatic rings. The summed E-state index contributed by atoms with van der Waals surface area (Å²) in [6.45, 7) is 0. The second kappa shape index (κ2) is 6.13. The first-order valence-corrected chi connectivity index (χ1v) is 4.00. The molecule has 0 bridgehead atoms. The Morgan fingerprint density at radius 3 is 1.67 bits per heavy atom. The first-order chi connectivity index (χ1) is 7.33. The van der Waals surface area contributed by atoms with E-state index in [0.717, 1.165) is 0 Å². The van der Waals surface area contributed by atoms with Crippen LogP contribution in [-0.4, -0.2) is 37.0 Å². The molecule has 2 heterocycles. The first kappa shape index (κ1) is 10.7. The zero-order chi connectivity index (χ0) is 10.9. The third kappa shape index (κ3) is 4.41. The molecule has 0 atom stereocenters. The maximum atomic E-state index is 5.10. The van der Waals surface area contributed by atoms with E-state index in [1.165, 1.54) is 25.3 Å². The third-order valence-corrected chi connectivity index (χ3v) is 1.23. The average molecular weight is 206 g/mol. The lowest BCUT2D eigenvalue weighted by atomic mass is 10.9. The highest BCUT2D eigenvalue weighted by atomic mass is 15.1. The van der Waals surface area contributed by atoms with Gasteiger partial charge in [-0.2, -0.15) is 0 Å². The SMILES string of the molecule is CNc1ncncn1.Nc1ncncn1. The molecule has 0 fully saturated rings. The fraction of sp³-hybridized carbons (Fsp3) is 0.143. The Labute approximate surface area is 86.1 Å². The quantitative estimate of drug-likeness (QED) is 0.633. The first-order valence-electron chi connectivity index (χ1n) is 4.00. The zero-order valence-electron chi connectivity index (χ0n) is 8.07. The van der Waals surface area contributed by atoms with Crippen molar-refractivity contribution in [3.63, 3.8) is 0 Å². The van der Waals surface area contributed by atoms with Gasteiger partial charge in [-0.15, -0.1) is 0 Å². The van der Waals surface area contributed by atoms with Crippen molar-refractivity contribution in [3.8, 4) is 0 Å². The van der Waals surface area contributed by atoms with Gasteiger partial charge in [-0.05, 0) is 0 Å². The van der Waals surface area contributed by atoms with E-state index in [9.17, 15) is 0 Å². The minimum Gasteiger partial charge on any atom is -0.368 e. The standard InChI is InChI=1S/C4H6N4.C3H4N4/c1-5-4-7-2-6-3-8-4;4-3-6-1-5-2-7-3/h2-3H,1H3,(H,5,6,7,8);1-2H,(H2,4,5,6,7). The van der Waals surface area contributed by atoms with Gasteiger partial charge in [0.1, 0.15) is 25.3 Å². The van der Waals surface area contributed by atoms with Crippen molar-refractivity contribution in [2.45, 2.75) is 0 Å². The number of rotatable bonds is 1. The number of nitrogens with zero attached hydrogens (tertiary/aromatic N) is 6. The summed E-state index contributed by atoms with van der Waals surface area (Å²) in [6, 6.07) is 0. The van der Waals surface area contributed by atoms with E-state index in [-0.39, 0.29) is 5.95 Å². The van der Waals surface area contributed by atoms with Crippen LogP contribution < -0.4 is 11.1 Å². The summed E-state index contributed by atoms with van der Waals surface area (Å²) in [5, 5.41) is 2.76. The van der Waals surface area contributed by atoms with Crippen molar-refractivity contribution < 1.29 is 0 Å². The highest BCUT2D eigenvalue weighted by molar-refractivity contribution is 5.17. The van der Waals surface area contributed by atoms with Gasteiger partial charge < -0.3 is 11.1 Å². The number of nitrogens with two attached hydrogens (primary N) is 1. The van der Waals surface area contributed by atoms with Crippen LogP contribution in [0.4, 0.5) is 11.9 Å². The zero-order valence-corrected chi connectivity index (χ0v) is 8.07. The van der Waals surface area contributed by atoms with E-state index in [1.54, 1.807) is 7.05 Å². The third-order valence-electron chi connectivity index (χ3n) is 1.23. The normalized spacial score (nSPS) is 8.60. The molecule has 0 radical (unpaired) electrons. The summed E-state index contributed by atoms with van der Waals surface area (Å²) >= 11 is 0. The molecule has 0 spiro atoms. The van der Waals surface area contributed by atoms with E-state index in [2.05, 4.69) is 35.2 Å². The van der Waals surface area contributed by atoms with Crippen molar-refractivity contribution in [2.75, 3.05) is 18.1 Å². The highest BCUT2D eigenvalue weighted by Gasteiger charge is 1.82. The molecule has 3 N–H and O–H groups in total. The highest BCUT2D eigenvalue weighted by Crippen LogP contribution is 1.85. The van der Waals surface area contributed by atoms with Gasteiger partial charge in [0.2, 0.25) is 11.9 Å². The number of nitrogen functional groups attached to an aromatic ring is 1. The molecular formula is C7H10N8. The average Bonchev–Trinajstić information content (AvgIpc) is 2.32. The van der Waals surface area contributed by atoms with Crippen LogP contribution in [0.1, 0.15) is 0 Å². The molecular weight excluding hydrogens is 196 g/mol. The molecule has 0 saturated heterocycles. The van der Waals surface area contributed by atoms with Gasteiger partial charge in [0, 0.05) is 7.05 Å². The molecule has 78 valence electrons. The van der Waals surface area contributed by atoms with Crippen LogP contribution in [0, 0.1) is 0 Å². The Morgan fingerprint density at radius 1 is 0.933 bits per heavy atom. The lowest BCUT2D eigenvalue weighted by Gasteiger charge is -1.90. The summed E-state index contributed by atoms with van der Waals surface area (Å²) < 4.78 is 0. The van der Waals surface area contributed by atoms with E-state index < -0.39 is 0 Å². The van der Waals surface area contributed by atoms with Crippen molar-refractivity contribution in [1.82, 2.24) is 29.9 Å². The van der Waals surface area contributed by atoms with E-state index in [1.807, 2.05) is 0 Å². The Hall–Kier alpha value is -2.38. The second-order valence-corrected chi connectivity index (χ2v) is 2.21. The van der Waals surface area contributed by atoms with Crippen LogP contribution >= 0.6 is 0 Å². The molecule has 0 aliphatic heterocycles. The van der Waals surface area contributed by atoms with Gasteiger partial charge in [-0.25, -0.2) is 29.9 Å². The number of hydrogen-bond donors (Lipinski definition) is 2. The molecule has 15 heavy (non-hydrogen) atoms. The fourth-order valence-corrected chi connectivity index (χ4v) is 0.616. The Balaban J connectivity index is 0.000000151. The Kier molecular flexibility index (Phi) is 4.37. The Bertz CT molecular complexity index is 363. The maximum Gasteiger partial charge on any atom is 0.225 e. The maximum absolute atomic E-state index is 5.10. The second-order valence-electron chi connectivity index (χ2n) is 2.21. The van der Waals surface area contributed by atoms with Gasteiger partial charge in [0.05, 0.1) is 0 Å². The lowest BCUT2D eigenvalue weighted by Crippen LogP contribution is -1.94. The van der Waals surface area contributed by atoms with Crippen molar-refractivity contribution in [2.24, 2.45) is 0 Å². The van der Waals surface area contributed by atoms with Crippen LogP contribution in [0.5, 0.6) is 0 Å². The smallest absolute Gasteiger partial charge is 0.225 e. The number of nitrogens with one attached hydrogen (secondary N) is 1. The van der Waals surface area contributed by atoms with Crippen LogP contribution in [-0.2, 0) is 0 Å². The monoisotopic (exact) mass is 206 g/mol. The molecule has 0 saturated carbocycles. The van der Waals surface area contributed by atoms with Gasteiger partial charge in [0.25, 0.3) is 0 Å². The molecule has 0 aromatic carbocycles. The summed E-state index contributed by atoms with van der Waals surface area (Å²) in [6.07, 6.45) is 5.59. The van der Waals surface area contributed by atoms with Crippen molar-refractivity contribution >= 4 is 11.9 Å². The Morgan fingerprint density at radius 2 is 1.40 bits per heavy atom. The fourth-order valence-electron chi connectivity index (χ4n) is 0.616. The van der Waals surface area contributed by atoms with Crippen molar-refractivity contribution in [1.29, 1.82) is 0 Å². The topological polar surface area (TPSA) is 115 Å². The number of aromatic nitrogens is 6. The molecule has 0 aliphatic carbocycles. The van der Waals surface area contributed by atoms with E-state index in [4.69, 9.17) is 5.73 Å². The van der Waals surface area contributed by atoms with Crippen LogP contribution in [0.15, 0.2) is 25.3 Å². The molecule has 8 nitrogen and oxygen atoms in total. The molecule has 2 rings (SSSR count). The van der Waals surface area contributed by atoms with E-state index in [0.29, 0.717) is 5.95 Å². The molecule has 0 amide bonds.